The highest BCUT2D eigenvalue weighted by molar-refractivity contribution is 5.74. The lowest BCUT2D eigenvalue weighted by Gasteiger charge is -2.23. The highest BCUT2D eigenvalue weighted by atomic mass is 16.7. The number of nitrogens with zero attached hydrogens (tertiary/aromatic N) is 2. The van der Waals surface area contributed by atoms with Crippen LogP contribution >= 0.6 is 0 Å². The van der Waals surface area contributed by atoms with Crippen molar-refractivity contribution in [2.24, 2.45) is 0 Å². The summed E-state index contributed by atoms with van der Waals surface area (Å²) in [6, 6.07) is 3.20. The van der Waals surface area contributed by atoms with Gasteiger partial charge in [0, 0.05) is 13.8 Å². The molecule has 0 aliphatic carbocycles. The number of carbonyl (C=O) groups is 2. The molecule has 0 fully saturated rings. The molecule has 6 nitrogen and oxygen atoms in total. The van der Waals surface area contributed by atoms with Gasteiger partial charge in [0.25, 0.3) is 5.79 Å². The first-order valence-electron chi connectivity index (χ1n) is 4.09. The Labute approximate surface area is 87.0 Å². The van der Waals surface area contributed by atoms with E-state index in [0.29, 0.717) is 0 Å². The molecule has 0 radical (unpaired) electrons. The zero-order valence-corrected chi connectivity index (χ0v) is 8.44. The number of carbonyl (C=O) groups excluding carboxylic acids is 2. The lowest BCUT2D eigenvalue weighted by molar-refractivity contribution is -0.214. The van der Waals surface area contributed by atoms with Crippen molar-refractivity contribution in [2.75, 3.05) is 0 Å². The molecule has 0 bridgehead atoms. The third-order valence-electron chi connectivity index (χ3n) is 1.17. The molecule has 0 aromatic rings. The van der Waals surface area contributed by atoms with Gasteiger partial charge in [0.1, 0.15) is 12.8 Å². The van der Waals surface area contributed by atoms with E-state index in [9.17, 15) is 9.59 Å². The molecule has 0 aromatic carbocycles. The lowest BCUT2D eigenvalue weighted by Crippen LogP contribution is -2.33. The van der Waals surface area contributed by atoms with E-state index in [-0.39, 0.29) is 0 Å². The van der Waals surface area contributed by atoms with Gasteiger partial charge in [-0.05, 0) is 0 Å². The fourth-order valence-electron chi connectivity index (χ4n) is 0.770. The smallest absolute Gasteiger partial charge is 0.323 e. The Kier molecular flexibility index (Phi) is 4.83. The highest BCUT2D eigenvalue weighted by Gasteiger charge is 2.27. The average molecular weight is 210 g/mol. The van der Waals surface area contributed by atoms with Gasteiger partial charge < -0.3 is 9.47 Å². The second-order valence-electron chi connectivity index (χ2n) is 3.02. The van der Waals surface area contributed by atoms with Crippen LogP contribution in [0, 0.1) is 22.7 Å². The molecule has 0 spiro atoms. The quantitative estimate of drug-likeness (QED) is 0.498. The van der Waals surface area contributed by atoms with Crippen molar-refractivity contribution in [3.63, 3.8) is 0 Å². The molecule has 80 valence electrons. The van der Waals surface area contributed by atoms with Crippen LogP contribution in [-0.4, -0.2) is 17.7 Å². The number of hydrogen-bond donors (Lipinski definition) is 0. The summed E-state index contributed by atoms with van der Waals surface area (Å²) in [5.74, 6) is -3.03. The summed E-state index contributed by atoms with van der Waals surface area (Å²) in [7, 11) is 0. The van der Waals surface area contributed by atoms with E-state index in [4.69, 9.17) is 10.5 Å². The van der Waals surface area contributed by atoms with Gasteiger partial charge in [-0.3, -0.25) is 9.59 Å². The van der Waals surface area contributed by atoms with Crippen molar-refractivity contribution in [1.29, 1.82) is 10.5 Å². The monoisotopic (exact) mass is 210 g/mol. The zero-order chi connectivity index (χ0) is 11.9. The van der Waals surface area contributed by atoms with Gasteiger partial charge in [-0.15, -0.1) is 0 Å². The van der Waals surface area contributed by atoms with Gasteiger partial charge in [0.05, 0.1) is 12.1 Å². The zero-order valence-electron chi connectivity index (χ0n) is 8.44. The van der Waals surface area contributed by atoms with Crippen LogP contribution in [0.15, 0.2) is 0 Å². The van der Waals surface area contributed by atoms with Crippen LogP contribution in [0.1, 0.15) is 26.7 Å². The summed E-state index contributed by atoms with van der Waals surface area (Å²) >= 11 is 0. The molecular formula is C9H10N2O4. The SMILES string of the molecule is CC(C)(OC(=O)CC#N)OC(=O)CC#N. The molecule has 0 saturated carbocycles. The molecule has 15 heavy (non-hydrogen) atoms. The Balaban J connectivity index is 4.20. The van der Waals surface area contributed by atoms with Crippen molar-refractivity contribution >= 4 is 11.9 Å². The van der Waals surface area contributed by atoms with Crippen LogP contribution < -0.4 is 0 Å². The molecule has 0 aliphatic rings. The van der Waals surface area contributed by atoms with Crippen molar-refractivity contribution in [2.45, 2.75) is 32.5 Å². The fourth-order valence-corrected chi connectivity index (χ4v) is 0.770. The first-order valence-corrected chi connectivity index (χ1v) is 4.09. The third-order valence-corrected chi connectivity index (χ3v) is 1.17. The van der Waals surface area contributed by atoms with Crippen LogP contribution in [0.3, 0.4) is 0 Å². The maximum Gasteiger partial charge on any atom is 0.323 e. The minimum absolute atomic E-state index is 0.417. The van der Waals surface area contributed by atoms with E-state index in [1.165, 1.54) is 13.8 Å². The molecule has 0 aliphatic heterocycles. The van der Waals surface area contributed by atoms with Crippen molar-refractivity contribution < 1.29 is 19.1 Å². The van der Waals surface area contributed by atoms with Crippen LogP contribution in [0.5, 0.6) is 0 Å². The number of nitriles is 2. The molecule has 0 unspecified atom stereocenters. The Hall–Kier alpha value is -2.08. The van der Waals surface area contributed by atoms with Crippen molar-refractivity contribution in [1.82, 2.24) is 0 Å². The number of esters is 2. The largest absolute Gasteiger partial charge is 0.422 e. The van der Waals surface area contributed by atoms with Gasteiger partial charge in [0.2, 0.25) is 0 Å². The fraction of sp³-hybridized carbons (Fsp3) is 0.556. The third kappa shape index (κ3) is 6.05. The molecule has 0 aromatic heterocycles. The van der Waals surface area contributed by atoms with E-state index in [1.54, 1.807) is 12.1 Å². The van der Waals surface area contributed by atoms with Gasteiger partial charge in [-0.2, -0.15) is 10.5 Å². The Bertz CT molecular complexity index is 303. The topological polar surface area (TPSA) is 100 Å². The average Bonchev–Trinajstić information content (AvgIpc) is 2.01. The predicted octanol–water partition coefficient (Wildman–Crippen LogP) is 0.636. The second-order valence-corrected chi connectivity index (χ2v) is 3.02. The van der Waals surface area contributed by atoms with E-state index < -0.39 is 30.6 Å². The minimum Gasteiger partial charge on any atom is -0.422 e. The van der Waals surface area contributed by atoms with Crippen LogP contribution in [-0.2, 0) is 19.1 Å². The van der Waals surface area contributed by atoms with Crippen LogP contribution in [0.2, 0.25) is 0 Å². The molecular weight excluding hydrogens is 200 g/mol. The van der Waals surface area contributed by atoms with Crippen LogP contribution in [0.4, 0.5) is 0 Å². The highest BCUT2D eigenvalue weighted by Crippen LogP contribution is 2.13. The number of ether oxygens (including phenoxy) is 2. The summed E-state index contributed by atoms with van der Waals surface area (Å²) in [6.07, 6.45) is -0.835. The minimum atomic E-state index is -1.46. The Morgan fingerprint density at radius 2 is 1.40 bits per heavy atom. The molecule has 0 atom stereocenters. The second kappa shape index (κ2) is 5.61. The molecule has 0 heterocycles. The lowest BCUT2D eigenvalue weighted by atomic mass is 10.3. The van der Waals surface area contributed by atoms with E-state index in [1.807, 2.05) is 0 Å². The number of hydrogen-bond acceptors (Lipinski definition) is 6. The molecule has 6 heteroatoms. The van der Waals surface area contributed by atoms with E-state index in [2.05, 4.69) is 9.47 Å². The molecule has 0 amide bonds. The summed E-state index contributed by atoms with van der Waals surface area (Å²) in [5, 5.41) is 16.4. The molecule has 0 saturated heterocycles. The van der Waals surface area contributed by atoms with E-state index >= 15 is 0 Å². The summed E-state index contributed by atoms with van der Waals surface area (Å²) in [5.41, 5.74) is 0. The maximum absolute atomic E-state index is 10.9. The summed E-state index contributed by atoms with van der Waals surface area (Å²) in [6.45, 7) is 2.69. The normalized spacial score (nSPS) is 9.60. The Morgan fingerprint density at radius 1 is 1.07 bits per heavy atom. The van der Waals surface area contributed by atoms with Gasteiger partial charge in [-0.1, -0.05) is 0 Å². The Morgan fingerprint density at radius 3 is 1.67 bits per heavy atom. The van der Waals surface area contributed by atoms with Gasteiger partial charge >= 0.3 is 11.9 Å². The first kappa shape index (κ1) is 12.9. The standard InChI is InChI=1S/C9H10N2O4/c1-9(2,14-7(12)3-5-10)15-8(13)4-6-11/h3-4H2,1-2H3. The van der Waals surface area contributed by atoms with Crippen molar-refractivity contribution in [3.05, 3.63) is 0 Å². The summed E-state index contributed by atoms with van der Waals surface area (Å²) in [4.78, 5) is 21.8. The number of rotatable bonds is 4. The summed E-state index contributed by atoms with van der Waals surface area (Å²) < 4.78 is 9.36. The predicted molar refractivity (Wildman–Crippen MR) is 46.7 cm³/mol. The van der Waals surface area contributed by atoms with E-state index in [0.717, 1.165) is 0 Å². The molecule has 0 rings (SSSR count). The van der Waals surface area contributed by atoms with Crippen LogP contribution in [0.25, 0.3) is 0 Å². The van der Waals surface area contributed by atoms with Crippen molar-refractivity contribution in [3.8, 4) is 12.1 Å². The van der Waals surface area contributed by atoms with Gasteiger partial charge in [0.15, 0.2) is 0 Å². The molecule has 0 N–H and O–H groups in total. The van der Waals surface area contributed by atoms with Gasteiger partial charge in [-0.25, -0.2) is 0 Å². The maximum atomic E-state index is 10.9. The first-order chi connectivity index (χ1) is 6.91.